The van der Waals surface area contributed by atoms with E-state index in [0.29, 0.717) is 12.2 Å². The summed E-state index contributed by atoms with van der Waals surface area (Å²) in [5.74, 6) is -0.756. The Kier molecular flexibility index (Phi) is 5.42. The van der Waals surface area contributed by atoms with Crippen molar-refractivity contribution in [1.82, 2.24) is 4.90 Å². The summed E-state index contributed by atoms with van der Waals surface area (Å²) in [6.45, 7) is 2.51. The van der Waals surface area contributed by atoms with Crippen LogP contribution in [-0.4, -0.2) is 23.9 Å². The van der Waals surface area contributed by atoms with E-state index in [-0.39, 0.29) is 17.4 Å². The number of carbonyl (C=O) groups excluding carboxylic acids is 1. The Bertz CT molecular complexity index is 785. The lowest BCUT2D eigenvalue weighted by Gasteiger charge is -2.32. The Balaban J connectivity index is 1.61. The second-order valence-electron chi connectivity index (χ2n) is 6.36. The molecule has 2 aromatic carbocycles. The highest BCUT2D eigenvalue weighted by molar-refractivity contribution is 5.92. The van der Waals surface area contributed by atoms with Crippen LogP contribution in [0, 0.1) is 23.1 Å². The molecule has 0 saturated carbocycles. The Morgan fingerprint density at radius 3 is 2.84 bits per heavy atom. The molecule has 1 amide bonds. The highest BCUT2D eigenvalue weighted by Crippen LogP contribution is 2.21. The van der Waals surface area contributed by atoms with Gasteiger partial charge in [-0.05, 0) is 43.1 Å². The molecule has 25 heavy (non-hydrogen) atoms. The summed E-state index contributed by atoms with van der Waals surface area (Å²) >= 11 is 0. The third kappa shape index (κ3) is 4.43. The molecular formula is C20H20FN3O. The van der Waals surface area contributed by atoms with E-state index in [1.54, 1.807) is 6.07 Å². The van der Waals surface area contributed by atoms with Gasteiger partial charge in [-0.3, -0.25) is 9.69 Å². The van der Waals surface area contributed by atoms with Crippen LogP contribution in [0.15, 0.2) is 48.5 Å². The van der Waals surface area contributed by atoms with Gasteiger partial charge < -0.3 is 5.32 Å². The second kappa shape index (κ2) is 7.91. The van der Waals surface area contributed by atoms with Crippen molar-refractivity contribution in [1.29, 1.82) is 5.26 Å². The molecule has 0 aliphatic carbocycles. The molecule has 1 aliphatic heterocycles. The van der Waals surface area contributed by atoms with Gasteiger partial charge in [0, 0.05) is 18.8 Å². The molecule has 4 nitrogen and oxygen atoms in total. The summed E-state index contributed by atoms with van der Waals surface area (Å²) in [7, 11) is 0. The molecule has 0 aromatic heterocycles. The number of likely N-dealkylation sites (tertiary alicyclic amines) is 1. The fourth-order valence-corrected chi connectivity index (χ4v) is 3.19. The number of anilines is 1. The second-order valence-corrected chi connectivity index (χ2v) is 6.36. The molecule has 1 N–H and O–H groups in total. The molecule has 1 atom stereocenters. The van der Waals surface area contributed by atoms with Crippen LogP contribution in [0.4, 0.5) is 10.1 Å². The number of hydrogen-bond acceptors (Lipinski definition) is 3. The number of halogens is 1. The van der Waals surface area contributed by atoms with Crippen molar-refractivity contribution in [2.24, 2.45) is 5.92 Å². The highest BCUT2D eigenvalue weighted by atomic mass is 19.1. The molecule has 3 rings (SSSR count). The van der Waals surface area contributed by atoms with Gasteiger partial charge in [-0.1, -0.05) is 30.3 Å². The maximum absolute atomic E-state index is 13.4. The van der Waals surface area contributed by atoms with Crippen molar-refractivity contribution in [3.05, 3.63) is 65.5 Å². The van der Waals surface area contributed by atoms with Crippen LogP contribution in [0.1, 0.15) is 24.0 Å². The van der Waals surface area contributed by atoms with Crippen LogP contribution in [-0.2, 0) is 11.3 Å². The summed E-state index contributed by atoms with van der Waals surface area (Å²) in [5.41, 5.74) is 1.64. The number of amides is 1. The largest absolute Gasteiger partial charge is 0.326 e. The van der Waals surface area contributed by atoms with Crippen molar-refractivity contribution < 1.29 is 9.18 Å². The van der Waals surface area contributed by atoms with Gasteiger partial charge in [-0.25, -0.2) is 4.39 Å². The van der Waals surface area contributed by atoms with Gasteiger partial charge in [0.15, 0.2) is 0 Å². The summed E-state index contributed by atoms with van der Waals surface area (Å²) in [5, 5.41) is 11.7. The average Bonchev–Trinajstić information content (AvgIpc) is 2.64. The maximum Gasteiger partial charge on any atom is 0.228 e. The Hall–Kier alpha value is -2.71. The first-order valence-corrected chi connectivity index (χ1v) is 8.42. The molecule has 1 fully saturated rings. The molecule has 1 heterocycles. The van der Waals surface area contributed by atoms with Crippen molar-refractivity contribution >= 4 is 11.6 Å². The normalized spacial score (nSPS) is 17.7. The quantitative estimate of drug-likeness (QED) is 0.928. The lowest BCUT2D eigenvalue weighted by Crippen LogP contribution is -2.40. The SMILES string of the molecule is N#Cc1cc(NC(=O)C2CCCN(Cc3ccccc3)C2)ccc1F. The monoisotopic (exact) mass is 337 g/mol. The fraction of sp³-hybridized carbons (Fsp3) is 0.300. The van der Waals surface area contributed by atoms with Gasteiger partial charge in [0.25, 0.3) is 0 Å². The lowest BCUT2D eigenvalue weighted by atomic mass is 9.96. The van der Waals surface area contributed by atoms with Crippen LogP contribution in [0.3, 0.4) is 0 Å². The topological polar surface area (TPSA) is 56.1 Å². The lowest BCUT2D eigenvalue weighted by molar-refractivity contribution is -0.121. The first-order chi connectivity index (χ1) is 12.2. The minimum absolute atomic E-state index is 0.0628. The molecule has 1 saturated heterocycles. The van der Waals surface area contributed by atoms with Crippen molar-refractivity contribution in [3.63, 3.8) is 0 Å². The molecule has 128 valence electrons. The average molecular weight is 337 g/mol. The van der Waals surface area contributed by atoms with Gasteiger partial charge in [0.1, 0.15) is 11.9 Å². The van der Waals surface area contributed by atoms with Gasteiger partial charge in [0.2, 0.25) is 5.91 Å². The molecule has 0 spiro atoms. The number of benzene rings is 2. The molecule has 1 aliphatic rings. The van der Waals surface area contributed by atoms with Crippen LogP contribution >= 0.6 is 0 Å². The van der Waals surface area contributed by atoms with E-state index in [1.807, 2.05) is 18.2 Å². The van der Waals surface area contributed by atoms with E-state index in [2.05, 4.69) is 22.3 Å². The van der Waals surface area contributed by atoms with Gasteiger partial charge in [0.05, 0.1) is 11.5 Å². The summed E-state index contributed by atoms with van der Waals surface area (Å²) < 4.78 is 13.4. The molecule has 5 heteroatoms. The predicted molar refractivity (Wildman–Crippen MR) is 94.2 cm³/mol. The zero-order valence-corrected chi connectivity index (χ0v) is 13.9. The third-order valence-electron chi connectivity index (χ3n) is 4.48. The summed E-state index contributed by atoms with van der Waals surface area (Å²) in [6, 6.07) is 16.1. The molecule has 1 unspecified atom stereocenters. The van der Waals surface area contributed by atoms with E-state index in [4.69, 9.17) is 5.26 Å². The molecule has 0 bridgehead atoms. The van der Waals surface area contributed by atoms with Crippen molar-refractivity contribution in [3.8, 4) is 6.07 Å². The Labute approximate surface area is 146 Å². The molecular weight excluding hydrogens is 317 g/mol. The number of nitriles is 1. The zero-order valence-electron chi connectivity index (χ0n) is 13.9. The summed E-state index contributed by atoms with van der Waals surface area (Å²) in [4.78, 5) is 14.8. The maximum atomic E-state index is 13.4. The predicted octanol–water partition coefficient (Wildman–Crippen LogP) is 3.55. The van der Waals surface area contributed by atoms with Gasteiger partial charge in [-0.15, -0.1) is 0 Å². The first-order valence-electron chi connectivity index (χ1n) is 8.42. The van der Waals surface area contributed by atoms with Crippen molar-refractivity contribution in [2.45, 2.75) is 19.4 Å². The Morgan fingerprint density at radius 2 is 2.08 bits per heavy atom. The van der Waals surface area contributed by atoms with Crippen LogP contribution in [0.25, 0.3) is 0 Å². The number of nitrogens with zero attached hydrogens (tertiary/aromatic N) is 2. The van der Waals surface area contributed by atoms with E-state index < -0.39 is 5.82 Å². The number of piperidine rings is 1. The van der Waals surface area contributed by atoms with E-state index >= 15 is 0 Å². The van der Waals surface area contributed by atoms with Crippen LogP contribution in [0.2, 0.25) is 0 Å². The van der Waals surface area contributed by atoms with E-state index in [1.165, 1.54) is 23.8 Å². The van der Waals surface area contributed by atoms with Gasteiger partial charge in [-0.2, -0.15) is 5.26 Å². The Morgan fingerprint density at radius 1 is 1.28 bits per heavy atom. The van der Waals surface area contributed by atoms with E-state index in [0.717, 1.165) is 25.9 Å². The number of hydrogen-bond donors (Lipinski definition) is 1. The smallest absolute Gasteiger partial charge is 0.228 e. The minimum atomic E-state index is -0.577. The summed E-state index contributed by atoms with van der Waals surface area (Å²) in [6.07, 6.45) is 1.81. The van der Waals surface area contributed by atoms with Crippen molar-refractivity contribution in [2.75, 3.05) is 18.4 Å². The fourth-order valence-electron chi connectivity index (χ4n) is 3.19. The minimum Gasteiger partial charge on any atom is -0.326 e. The van der Waals surface area contributed by atoms with E-state index in [9.17, 15) is 9.18 Å². The molecule has 0 radical (unpaired) electrons. The molecule has 2 aromatic rings. The third-order valence-corrected chi connectivity index (χ3v) is 4.48. The van der Waals surface area contributed by atoms with Crippen LogP contribution < -0.4 is 5.32 Å². The standard InChI is InChI=1S/C20H20FN3O/c21-19-9-8-18(11-17(19)12-22)23-20(25)16-7-4-10-24(14-16)13-15-5-2-1-3-6-15/h1-3,5-6,8-9,11,16H,4,7,10,13-14H2,(H,23,25). The number of nitrogens with one attached hydrogen (secondary N) is 1. The number of carbonyl (C=O) groups is 1. The first kappa shape index (κ1) is 17.1. The number of rotatable bonds is 4. The van der Waals surface area contributed by atoms with Crippen LogP contribution in [0.5, 0.6) is 0 Å². The zero-order chi connectivity index (χ0) is 17.6. The highest BCUT2D eigenvalue weighted by Gasteiger charge is 2.26. The van der Waals surface area contributed by atoms with Gasteiger partial charge >= 0.3 is 0 Å².